The summed E-state index contributed by atoms with van der Waals surface area (Å²) in [6.07, 6.45) is 1.86. The molecule has 0 bridgehead atoms. The lowest BCUT2D eigenvalue weighted by Gasteiger charge is -2.15. The molecule has 1 saturated heterocycles. The Hall–Kier alpha value is -2.43. The molecule has 5 heteroatoms. The van der Waals surface area contributed by atoms with Crippen LogP contribution in [0.1, 0.15) is 13.3 Å². The van der Waals surface area contributed by atoms with E-state index in [1.54, 1.807) is 37.3 Å². The molecule has 2 amide bonds. The van der Waals surface area contributed by atoms with Crippen LogP contribution in [0.5, 0.6) is 0 Å². The standard InChI is InChI=1S/C16H15NO4/c1-2-21-16(20)10-8-12-13(9-10)15(19)17(14(12)18)11-6-4-3-5-7-11/h3-8,12-13H,2,9H2,1H3/t12-,13+/m0/s1. The maximum atomic E-state index is 12.4. The van der Waals surface area contributed by atoms with Crippen LogP contribution in [0.4, 0.5) is 5.69 Å². The number of amides is 2. The first-order chi connectivity index (χ1) is 10.1. The van der Waals surface area contributed by atoms with Gasteiger partial charge >= 0.3 is 5.97 Å². The van der Waals surface area contributed by atoms with Crippen molar-refractivity contribution in [1.82, 2.24) is 0 Å². The topological polar surface area (TPSA) is 63.7 Å². The molecule has 0 radical (unpaired) electrons. The highest BCUT2D eigenvalue weighted by Crippen LogP contribution is 2.40. The van der Waals surface area contributed by atoms with E-state index in [0.717, 1.165) is 0 Å². The number of rotatable bonds is 3. The van der Waals surface area contributed by atoms with Crippen molar-refractivity contribution in [2.45, 2.75) is 13.3 Å². The molecular formula is C16H15NO4. The van der Waals surface area contributed by atoms with Gasteiger partial charge in [0.15, 0.2) is 0 Å². The fourth-order valence-electron chi connectivity index (χ4n) is 2.88. The number of ether oxygens (including phenoxy) is 1. The lowest BCUT2D eigenvalue weighted by molar-refractivity contribution is -0.138. The first-order valence-electron chi connectivity index (χ1n) is 6.94. The first-order valence-corrected chi connectivity index (χ1v) is 6.94. The van der Waals surface area contributed by atoms with Gasteiger partial charge < -0.3 is 4.74 Å². The van der Waals surface area contributed by atoms with Gasteiger partial charge in [-0.15, -0.1) is 0 Å². The van der Waals surface area contributed by atoms with Crippen molar-refractivity contribution >= 4 is 23.5 Å². The number of benzene rings is 1. The zero-order valence-electron chi connectivity index (χ0n) is 11.6. The minimum absolute atomic E-state index is 0.244. The number of carbonyl (C=O) groups is 3. The Morgan fingerprint density at radius 3 is 2.57 bits per heavy atom. The molecule has 0 unspecified atom stereocenters. The average molecular weight is 285 g/mol. The third kappa shape index (κ3) is 2.14. The number of imide groups is 1. The summed E-state index contributed by atoms with van der Waals surface area (Å²) < 4.78 is 4.93. The Morgan fingerprint density at radius 2 is 1.95 bits per heavy atom. The van der Waals surface area contributed by atoms with Crippen molar-refractivity contribution in [3.05, 3.63) is 42.0 Å². The van der Waals surface area contributed by atoms with Crippen molar-refractivity contribution in [3.63, 3.8) is 0 Å². The fourth-order valence-corrected chi connectivity index (χ4v) is 2.88. The van der Waals surface area contributed by atoms with Crippen LogP contribution in [-0.4, -0.2) is 24.4 Å². The first kappa shape index (κ1) is 13.5. The molecule has 0 spiro atoms. The third-order valence-corrected chi connectivity index (χ3v) is 3.85. The van der Waals surface area contributed by atoms with Crippen molar-refractivity contribution in [2.24, 2.45) is 11.8 Å². The number of para-hydroxylation sites is 1. The molecule has 1 heterocycles. The summed E-state index contributed by atoms with van der Waals surface area (Å²) in [5.74, 6) is -1.96. The predicted molar refractivity (Wildman–Crippen MR) is 75.2 cm³/mol. The van der Waals surface area contributed by atoms with Crippen LogP contribution in [0.3, 0.4) is 0 Å². The van der Waals surface area contributed by atoms with Crippen molar-refractivity contribution in [3.8, 4) is 0 Å². The quantitative estimate of drug-likeness (QED) is 0.626. The number of hydrogen-bond acceptors (Lipinski definition) is 4. The summed E-state index contributed by atoms with van der Waals surface area (Å²) in [4.78, 5) is 37.8. The van der Waals surface area contributed by atoms with Gasteiger partial charge in [-0.05, 0) is 25.5 Å². The summed E-state index contributed by atoms with van der Waals surface area (Å²) in [5, 5.41) is 0. The Kier molecular flexibility index (Phi) is 3.33. The largest absolute Gasteiger partial charge is 0.463 e. The Balaban J connectivity index is 1.86. The molecule has 1 fully saturated rings. The average Bonchev–Trinajstić information content (AvgIpc) is 3.02. The van der Waals surface area contributed by atoms with Crippen LogP contribution in [0.2, 0.25) is 0 Å². The van der Waals surface area contributed by atoms with Gasteiger partial charge in [-0.2, -0.15) is 0 Å². The van der Waals surface area contributed by atoms with E-state index < -0.39 is 17.8 Å². The van der Waals surface area contributed by atoms with Gasteiger partial charge in [0.2, 0.25) is 11.8 Å². The van der Waals surface area contributed by atoms with E-state index >= 15 is 0 Å². The van der Waals surface area contributed by atoms with Crippen molar-refractivity contribution in [1.29, 1.82) is 0 Å². The Morgan fingerprint density at radius 1 is 1.24 bits per heavy atom. The van der Waals surface area contributed by atoms with Gasteiger partial charge in [-0.25, -0.2) is 9.69 Å². The highest BCUT2D eigenvalue weighted by atomic mass is 16.5. The normalized spacial score (nSPS) is 24.0. The molecule has 0 aromatic heterocycles. The Bertz CT molecular complexity index is 635. The van der Waals surface area contributed by atoms with Gasteiger partial charge in [0.05, 0.1) is 24.1 Å². The number of hydrogen-bond donors (Lipinski definition) is 0. The monoisotopic (exact) mass is 285 g/mol. The van der Waals surface area contributed by atoms with Gasteiger partial charge in [0, 0.05) is 5.57 Å². The number of nitrogens with zero attached hydrogens (tertiary/aromatic N) is 1. The maximum absolute atomic E-state index is 12.4. The van der Waals surface area contributed by atoms with Crippen LogP contribution in [0.25, 0.3) is 0 Å². The van der Waals surface area contributed by atoms with E-state index in [1.807, 2.05) is 6.07 Å². The minimum atomic E-state index is -0.544. The Labute approximate surface area is 122 Å². The van der Waals surface area contributed by atoms with E-state index in [1.165, 1.54) is 4.90 Å². The second kappa shape index (κ2) is 5.16. The number of carbonyl (C=O) groups excluding carboxylic acids is 3. The highest BCUT2D eigenvalue weighted by Gasteiger charge is 2.51. The minimum Gasteiger partial charge on any atom is -0.463 e. The second-order valence-electron chi connectivity index (χ2n) is 5.10. The number of anilines is 1. The van der Waals surface area contributed by atoms with Crippen LogP contribution in [0.15, 0.2) is 42.0 Å². The second-order valence-corrected chi connectivity index (χ2v) is 5.10. The SMILES string of the molecule is CCOC(=O)C1=C[C@@H]2C(=O)N(c3ccccc3)C(=O)[C@@H]2C1. The molecule has 21 heavy (non-hydrogen) atoms. The summed E-state index contributed by atoms with van der Waals surface area (Å²) in [6.45, 7) is 2.01. The van der Waals surface area contributed by atoms with Gasteiger partial charge in [-0.3, -0.25) is 9.59 Å². The smallest absolute Gasteiger partial charge is 0.333 e. The summed E-state index contributed by atoms with van der Waals surface area (Å²) in [5.41, 5.74) is 1.01. The maximum Gasteiger partial charge on any atom is 0.333 e. The van der Waals surface area contributed by atoms with E-state index in [-0.39, 0.29) is 24.8 Å². The van der Waals surface area contributed by atoms with E-state index in [0.29, 0.717) is 11.3 Å². The number of fused-ring (bicyclic) bond motifs is 1. The lowest BCUT2D eigenvalue weighted by Crippen LogP contribution is -2.31. The van der Waals surface area contributed by atoms with Crippen LogP contribution in [0, 0.1) is 11.8 Å². The highest BCUT2D eigenvalue weighted by molar-refractivity contribution is 6.23. The summed E-state index contributed by atoms with van der Waals surface area (Å²) >= 11 is 0. The van der Waals surface area contributed by atoms with E-state index in [9.17, 15) is 14.4 Å². The molecule has 108 valence electrons. The third-order valence-electron chi connectivity index (χ3n) is 3.85. The zero-order chi connectivity index (χ0) is 15.0. The number of esters is 1. The van der Waals surface area contributed by atoms with Gasteiger partial charge in [0.1, 0.15) is 0 Å². The molecule has 3 rings (SSSR count). The molecule has 2 aliphatic rings. The van der Waals surface area contributed by atoms with E-state index in [2.05, 4.69) is 0 Å². The molecule has 0 N–H and O–H groups in total. The molecule has 1 aromatic carbocycles. The van der Waals surface area contributed by atoms with Crippen LogP contribution in [-0.2, 0) is 19.1 Å². The van der Waals surface area contributed by atoms with Gasteiger partial charge in [0.25, 0.3) is 0 Å². The molecule has 5 nitrogen and oxygen atoms in total. The van der Waals surface area contributed by atoms with Crippen LogP contribution >= 0.6 is 0 Å². The molecule has 2 atom stereocenters. The zero-order valence-corrected chi connectivity index (χ0v) is 11.6. The fraction of sp³-hybridized carbons (Fsp3) is 0.312. The van der Waals surface area contributed by atoms with Crippen molar-refractivity contribution < 1.29 is 19.1 Å². The van der Waals surface area contributed by atoms with E-state index in [4.69, 9.17) is 4.74 Å². The summed E-state index contributed by atoms with van der Waals surface area (Å²) in [7, 11) is 0. The molecular weight excluding hydrogens is 270 g/mol. The molecule has 1 aromatic rings. The van der Waals surface area contributed by atoms with Crippen molar-refractivity contribution in [2.75, 3.05) is 11.5 Å². The molecule has 0 saturated carbocycles. The lowest BCUT2D eigenvalue weighted by atomic mass is 9.98. The predicted octanol–water partition coefficient (Wildman–Crippen LogP) is 1.69. The van der Waals surface area contributed by atoms with Crippen LogP contribution < -0.4 is 4.90 Å². The molecule has 1 aliphatic heterocycles. The molecule has 1 aliphatic carbocycles. The summed E-state index contributed by atoms with van der Waals surface area (Å²) in [6, 6.07) is 8.85. The van der Waals surface area contributed by atoms with Gasteiger partial charge in [-0.1, -0.05) is 24.3 Å².